The van der Waals surface area contributed by atoms with Gasteiger partial charge in [0.15, 0.2) is 5.52 Å². The van der Waals surface area contributed by atoms with Crippen molar-refractivity contribution in [3.05, 3.63) is 51.6 Å². The van der Waals surface area contributed by atoms with Crippen molar-refractivity contribution in [3.8, 4) is 5.69 Å². The zero-order valence-electron chi connectivity index (χ0n) is 18.6. The summed E-state index contributed by atoms with van der Waals surface area (Å²) >= 11 is 0. The van der Waals surface area contributed by atoms with Crippen LogP contribution in [0.3, 0.4) is 0 Å². The van der Waals surface area contributed by atoms with Gasteiger partial charge in [-0.25, -0.2) is 9.36 Å². The second-order valence-corrected chi connectivity index (χ2v) is 8.68. The van der Waals surface area contributed by atoms with Gasteiger partial charge in [0.2, 0.25) is 5.91 Å². The molecule has 0 aliphatic heterocycles. The van der Waals surface area contributed by atoms with Crippen molar-refractivity contribution in [2.24, 2.45) is 0 Å². The van der Waals surface area contributed by atoms with E-state index in [-0.39, 0.29) is 11.5 Å². The molecule has 1 aliphatic carbocycles. The van der Waals surface area contributed by atoms with Crippen molar-refractivity contribution in [2.45, 2.75) is 78.3 Å². The van der Waals surface area contributed by atoms with Gasteiger partial charge in [-0.15, -0.1) is 0 Å². The van der Waals surface area contributed by atoms with Crippen molar-refractivity contribution in [2.75, 3.05) is 0 Å². The lowest BCUT2D eigenvalue weighted by Crippen LogP contribution is -2.36. The summed E-state index contributed by atoms with van der Waals surface area (Å²) in [5.41, 5.74) is 3.99. The lowest BCUT2D eigenvalue weighted by molar-refractivity contribution is -0.122. The summed E-state index contributed by atoms with van der Waals surface area (Å²) < 4.78 is 3.26. The Morgan fingerprint density at radius 2 is 1.77 bits per heavy atom. The minimum Gasteiger partial charge on any atom is -0.353 e. The average Bonchev–Trinajstić information content (AvgIpc) is 3.11. The van der Waals surface area contributed by atoms with Crippen molar-refractivity contribution in [1.29, 1.82) is 0 Å². The maximum absolute atomic E-state index is 13.0. The van der Waals surface area contributed by atoms with Gasteiger partial charge in [0.25, 0.3) is 5.56 Å². The summed E-state index contributed by atoms with van der Waals surface area (Å²) in [6.45, 7) is 6.31. The SMILES string of the molecule is Cc1ccc(-n2nc3c(=O)n(CCCC(=O)NC4CCCCC4)nc(C)c3c2C)cc1. The number of aryl methyl sites for hydroxylation is 4. The first-order valence-corrected chi connectivity index (χ1v) is 11.3. The predicted molar refractivity (Wildman–Crippen MR) is 122 cm³/mol. The monoisotopic (exact) mass is 421 g/mol. The minimum absolute atomic E-state index is 0.0669. The van der Waals surface area contributed by atoms with Gasteiger partial charge in [-0.3, -0.25) is 9.59 Å². The molecule has 0 spiro atoms. The Morgan fingerprint density at radius 3 is 2.48 bits per heavy atom. The molecule has 3 aromatic rings. The molecular formula is C24H31N5O2. The number of carbonyl (C=O) groups excluding carboxylic acids is 1. The molecule has 7 heteroatoms. The molecule has 0 saturated heterocycles. The van der Waals surface area contributed by atoms with Crippen LogP contribution in [-0.2, 0) is 11.3 Å². The van der Waals surface area contributed by atoms with Gasteiger partial charge in [0.1, 0.15) is 0 Å². The Morgan fingerprint density at radius 1 is 1.06 bits per heavy atom. The first kappa shape index (κ1) is 21.3. The van der Waals surface area contributed by atoms with Crippen molar-refractivity contribution < 1.29 is 4.79 Å². The molecule has 0 radical (unpaired) electrons. The van der Waals surface area contributed by atoms with Crippen LogP contribution >= 0.6 is 0 Å². The quantitative estimate of drug-likeness (QED) is 0.657. The fourth-order valence-electron chi connectivity index (χ4n) is 4.51. The first-order valence-electron chi connectivity index (χ1n) is 11.3. The van der Waals surface area contributed by atoms with Gasteiger partial charge in [0, 0.05) is 19.0 Å². The van der Waals surface area contributed by atoms with Crippen molar-refractivity contribution in [3.63, 3.8) is 0 Å². The largest absolute Gasteiger partial charge is 0.353 e. The third kappa shape index (κ3) is 4.55. The van der Waals surface area contributed by atoms with Crippen molar-refractivity contribution >= 4 is 16.8 Å². The van der Waals surface area contributed by atoms with E-state index in [1.54, 1.807) is 0 Å². The van der Waals surface area contributed by atoms with Gasteiger partial charge in [-0.2, -0.15) is 10.2 Å². The minimum atomic E-state index is -0.206. The molecule has 1 N–H and O–H groups in total. The Balaban J connectivity index is 1.50. The van der Waals surface area contributed by atoms with Gasteiger partial charge in [-0.05, 0) is 52.2 Å². The molecule has 0 bridgehead atoms. The van der Waals surface area contributed by atoms with Crippen LogP contribution in [-0.4, -0.2) is 31.5 Å². The standard InChI is InChI=1S/C24H31N5O2/c1-16-11-13-20(14-12-16)29-18(3)22-17(2)26-28(24(31)23(22)27-29)15-7-10-21(30)25-19-8-5-4-6-9-19/h11-14,19H,4-10,15H2,1-3H3,(H,25,30). The third-order valence-electron chi connectivity index (χ3n) is 6.21. The molecule has 1 saturated carbocycles. The predicted octanol–water partition coefficient (Wildman–Crippen LogP) is 3.74. The average molecular weight is 422 g/mol. The second kappa shape index (κ2) is 9.04. The molecule has 0 unspecified atom stereocenters. The fraction of sp³-hybridized carbons (Fsp3) is 0.500. The van der Waals surface area contributed by atoms with E-state index in [0.717, 1.165) is 35.3 Å². The van der Waals surface area contributed by atoms with E-state index in [0.29, 0.717) is 30.9 Å². The van der Waals surface area contributed by atoms with Gasteiger partial charge >= 0.3 is 0 Å². The number of nitrogens with one attached hydrogen (secondary N) is 1. The number of aromatic nitrogens is 4. The van der Waals surface area contributed by atoms with Crippen LogP contribution < -0.4 is 10.9 Å². The highest BCUT2D eigenvalue weighted by Crippen LogP contribution is 2.21. The molecular weight excluding hydrogens is 390 g/mol. The molecule has 7 nitrogen and oxygen atoms in total. The molecule has 164 valence electrons. The molecule has 1 aliphatic rings. The second-order valence-electron chi connectivity index (χ2n) is 8.68. The Kier molecular flexibility index (Phi) is 6.20. The maximum Gasteiger partial charge on any atom is 0.295 e. The van der Waals surface area contributed by atoms with Crippen LogP contribution in [0.1, 0.15) is 61.9 Å². The highest BCUT2D eigenvalue weighted by atomic mass is 16.1. The van der Waals surface area contributed by atoms with Crippen LogP contribution in [0.5, 0.6) is 0 Å². The third-order valence-corrected chi connectivity index (χ3v) is 6.21. The first-order chi connectivity index (χ1) is 14.9. The molecule has 0 atom stereocenters. The smallest absolute Gasteiger partial charge is 0.295 e. The highest BCUT2D eigenvalue weighted by molar-refractivity contribution is 5.83. The number of benzene rings is 1. The van der Waals surface area contributed by atoms with Crippen LogP contribution in [0.4, 0.5) is 0 Å². The van der Waals surface area contributed by atoms with E-state index in [4.69, 9.17) is 0 Å². The number of hydrogen-bond donors (Lipinski definition) is 1. The van der Waals surface area contributed by atoms with Gasteiger partial charge in [0.05, 0.1) is 22.5 Å². The molecule has 2 aromatic heterocycles. The summed E-state index contributed by atoms with van der Waals surface area (Å²) in [6, 6.07) is 8.38. The van der Waals surface area contributed by atoms with Gasteiger partial charge in [-0.1, -0.05) is 37.0 Å². The van der Waals surface area contributed by atoms with E-state index in [9.17, 15) is 9.59 Å². The molecule has 4 rings (SSSR count). The number of hydrogen-bond acceptors (Lipinski definition) is 4. The number of fused-ring (bicyclic) bond motifs is 1. The lowest BCUT2D eigenvalue weighted by Gasteiger charge is -2.22. The number of nitrogens with zero attached hydrogens (tertiary/aromatic N) is 4. The molecule has 2 heterocycles. The van der Waals surface area contributed by atoms with Crippen LogP contribution in [0.15, 0.2) is 29.1 Å². The molecule has 1 fully saturated rings. The summed E-state index contributed by atoms with van der Waals surface area (Å²) in [5, 5.41) is 13.1. The van der Waals surface area contributed by atoms with E-state index in [1.807, 2.05) is 49.7 Å². The highest BCUT2D eigenvalue weighted by Gasteiger charge is 2.18. The Labute approximate surface area is 182 Å². The van der Waals surface area contributed by atoms with E-state index in [2.05, 4.69) is 15.5 Å². The Hall–Kier alpha value is -2.96. The number of rotatable bonds is 6. The molecule has 1 aromatic carbocycles. The zero-order chi connectivity index (χ0) is 22.0. The van der Waals surface area contributed by atoms with Crippen molar-refractivity contribution in [1.82, 2.24) is 24.9 Å². The normalized spacial score (nSPS) is 14.8. The fourth-order valence-corrected chi connectivity index (χ4v) is 4.51. The molecule has 1 amide bonds. The summed E-state index contributed by atoms with van der Waals surface area (Å²) in [6.07, 6.45) is 6.78. The zero-order valence-corrected chi connectivity index (χ0v) is 18.6. The Bertz CT molecular complexity index is 1140. The van der Waals surface area contributed by atoms with E-state index < -0.39 is 0 Å². The summed E-state index contributed by atoms with van der Waals surface area (Å²) in [7, 11) is 0. The van der Waals surface area contributed by atoms with E-state index in [1.165, 1.54) is 29.5 Å². The summed E-state index contributed by atoms with van der Waals surface area (Å²) in [4.78, 5) is 25.3. The molecule has 31 heavy (non-hydrogen) atoms. The topological polar surface area (TPSA) is 81.8 Å². The summed E-state index contributed by atoms with van der Waals surface area (Å²) in [5.74, 6) is 0.0669. The van der Waals surface area contributed by atoms with E-state index >= 15 is 0 Å². The maximum atomic E-state index is 13.0. The number of carbonyl (C=O) groups is 1. The lowest BCUT2D eigenvalue weighted by atomic mass is 9.95. The van der Waals surface area contributed by atoms with Crippen LogP contribution in [0.25, 0.3) is 16.6 Å². The van der Waals surface area contributed by atoms with Gasteiger partial charge < -0.3 is 5.32 Å². The number of amides is 1. The van der Waals surface area contributed by atoms with Crippen LogP contribution in [0, 0.1) is 20.8 Å². The van der Waals surface area contributed by atoms with Crippen LogP contribution in [0.2, 0.25) is 0 Å².